The minimum Gasteiger partial charge on any atom is -0.472 e. The molecule has 6 nitrogen and oxygen atoms in total. The van der Waals surface area contributed by atoms with Crippen molar-refractivity contribution in [1.82, 2.24) is 14.9 Å². The molecule has 0 radical (unpaired) electrons. The van der Waals surface area contributed by atoms with E-state index in [1.54, 1.807) is 11.0 Å². The maximum Gasteiger partial charge on any atom is 0.410 e. The minimum absolute atomic E-state index is 0.119. The highest BCUT2D eigenvalue weighted by Gasteiger charge is 2.28. The molecule has 7 heteroatoms. The maximum atomic E-state index is 12.1. The van der Waals surface area contributed by atoms with Crippen molar-refractivity contribution >= 4 is 17.7 Å². The van der Waals surface area contributed by atoms with Crippen molar-refractivity contribution in [3.8, 4) is 5.88 Å². The van der Waals surface area contributed by atoms with E-state index in [2.05, 4.69) is 9.97 Å². The van der Waals surface area contributed by atoms with Gasteiger partial charge in [-0.25, -0.2) is 9.78 Å². The molecule has 0 N–H and O–H groups in total. The topological polar surface area (TPSA) is 64.5 Å². The second-order valence-corrected chi connectivity index (χ2v) is 6.76. The second kappa shape index (κ2) is 6.69. The molecule has 1 aliphatic rings. The van der Waals surface area contributed by atoms with Crippen LogP contribution >= 0.6 is 11.6 Å². The number of rotatable bonds is 2. The van der Waals surface area contributed by atoms with Crippen LogP contribution in [0.3, 0.4) is 0 Å². The van der Waals surface area contributed by atoms with Gasteiger partial charge in [-0.05, 0) is 52.1 Å². The first-order valence-corrected chi connectivity index (χ1v) is 7.76. The number of amides is 1. The Labute approximate surface area is 135 Å². The van der Waals surface area contributed by atoms with Gasteiger partial charge >= 0.3 is 6.09 Å². The summed E-state index contributed by atoms with van der Waals surface area (Å²) >= 11 is 5.83. The Balaban J connectivity index is 1.97. The van der Waals surface area contributed by atoms with Gasteiger partial charge in [-0.2, -0.15) is 4.98 Å². The monoisotopic (exact) mass is 327 g/mol. The molecule has 122 valence electrons. The molecule has 0 spiro atoms. The maximum absolute atomic E-state index is 12.1. The van der Waals surface area contributed by atoms with Gasteiger partial charge in [0, 0.05) is 18.3 Å². The zero-order valence-corrected chi connectivity index (χ0v) is 14.2. The normalized spacial score (nSPS) is 19.0. The molecule has 1 aromatic rings. The largest absolute Gasteiger partial charge is 0.472 e. The zero-order chi connectivity index (χ0) is 16.3. The summed E-state index contributed by atoms with van der Waals surface area (Å²) in [5.74, 6) is 0.438. The highest BCUT2D eigenvalue weighted by Crippen LogP contribution is 2.20. The lowest BCUT2D eigenvalue weighted by Gasteiger charge is -2.33. The van der Waals surface area contributed by atoms with E-state index in [4.69, 9.17) is 21.1 Å². The second-order valence-electron chi connectivity index (χ2n) is 6.43. The third kappa shape index (κ3) is 5.02. The molecule has 1 fully saturated rings. The Hall–Kier alpha value is -1.56. The average Bonchev–Trinajstić information content (AvgIpc) is 2.35. The van der Waals surface area contributed by atoms with Crippen LogP contribution in [0.15, 0.2) is 6.07 Å². The van der Waals surface area contributed by atoms with E-state index in [-0.39, 0.29) is 17.5 Å². The Morgan fingerprint density at radius 3 is 2.77 bits per heavy atom. The molecule has 0 aliphatic carbocycles. The fourth-order valence-electron chi connectivity index (χ4n) is 2.26. The van der Waals surface area contributed by atoms with Crippen molar-refractivity contribution < 1.29 is 14.3 Å². The summed E-state index contributed by atoms with van der Waals surface area (Å²) in [4.78, 5) is 21.9. The molecule has 1 amide bonds. The van der Waals surface area contributed by atoms with Crippen LogP contribution in [0.5, 0.6) is 5.88 Å². The van der Waals surface area contributed by atoms with Crippen LogP contribution < -0.4 is 4.74 Å². The summed E-state index contributed by atoms with van der Waals surface area (Å²) in [6.07, 6.45) is 1.30. The number of nitrogens with zero attached hydrogens (tertiary/aromatic N) is 3. The lowest BCUT2D eigenvalue weighted by atomic mass is 10.1. The Kier molecular flexibility index (Phi) is 5.11. The molecule has 1 aliphatic heterocycles. The van der Waals surface area contributed by atoms with E-state index >= 15 is 0 Å². The van der Waals surface area contributed by atoms with Gasteiger partial charge in [0.2, 0.25) is 11.2 Å². The van der Waals surface area contributed by atoms with E-state index in [0.29, 0.717) is 19.0 Å². The number of carbonyl (C=O) groups excluding carboxylic acids is 1. The molecular formula is C15H22ClN3O3. The molecule has 0 bridgehead atoms. The molecule has 0 unspecified atom stereocenters. The van der Waals surface area contributed by atoms with Gasteiger partial charge in [0.05, 0.1) is 6.54 Å². The molecule has 1 aromatic heterocycles. The smallest absolute Gasteiger partial charge is 0.410 e. The molecule has 2 heterocycles. The number of hydrogen-bond acceptors (Lipinski definition) is 5. The Bertz CT molecular complexity index is 525. The zero-order valence-electron chi connectivity index (χ0n) is 13.4. The highest BCUT2D eigenvalue weighted by molar-refractivity contribution is 6.28. The van der Waals surface area contributed by atoms with Crippen molar-refractivity contribution in [2.45, 2.75) is 52.2 Å². The quantitative estimate of drug-likeness (QED) is 0.780. The van der Waals surface area contributed by atoms with E-state index < -0.39 is 5.60 Å². The third-order valence-corrected chi connectivity index (χ3v) is 3.29. The van der Waals surface area contributed by atoms with Crippen molar-refractivity contribution in [2.24, 2.45) is 0 Å². The van der Waals surface area contributed by atoms with Crippen LogP contribution in [0.4, 0.5) is 4.79 Å². The van der Waals surface area contributed by atoms with Crippen molar-refractivity contribution in [2.75, 3.05) is 13.1 Å². The summed E-state index contributed by atoms with van der Waals surface area (Å²) in [6.45, 7) is 8.56. The van der Waals surface area contributed by atoms with E-state index in [1.165, 1.54) is 0 Å². The molecular weight excluding hydrogens is 306 g/mol. The van der Waals surface area contributed by atoms with Gasteiger partial charge in [0.1, 0.15) is 11.7 Å². The first-order valence-electron chi connectivity index (χ1n) is 7.39. The van der Waals surface area contributed by atoms with Crippen LogP contribution in [0.1, 0.15) is 39.3 Å². The van der Waals surface area contributed by atoms with Crippen LogP contribution in [0.25, 0.3) is 0 Å². The summed E-state index contributed by atoms with van der Waals surface area (Å²) in [7, 11) is 0. The number of ether oxygens (including phenoxy) is 2. The predicted octanol–water partition coefficient (Wildman–Crippen LogP) is 3.22. The van der Waals surface area contributed by atoms with Crippen LogP contribution in [0.2, 0.25) is 5.28 Å². The van der Waals surface area contributed by atoms with Crippen LogP contribution in [0, 0.1) is 6.92 Å². The summed E-state index contributed by atoms with van der Waals surface area (Å²) in [6, 6.07) is 1.73. The van der Waals surface area contributed by atoms with Crippen LogP contribution in [-0.4, -0.2) is 45.8 Å². The predicted molar refractivity (Wildman–Crippen MR) is 83.2 cm³/mol. The number of aromatic nitrogens is 2. The number of hydrogen-bond donors (Lipinski definition) is 0. The Morgan fingerprint density at radius 2 is 2.14 bits per heavy atom. The summed E-state index contributed by atoms with van der Waals surface area (Å²) in [5, 5.41) is 0.162. The van der Waals surface area contributed by atoms with Crippen LogP contribution in [-0.2, 0) is 4.74 Å². The van der Waals surface area contributed by atoms with Gasteiger partial charge in [-0.1, -0.05) is 0 Å². The first-order chi connectivity index (χ1) is 10.2. The van der Waals surface area contributed by atoms with Gasteiger partial charge in [0.15, 0.2) is 0 Å². The fraction of sp³-hybridized carbons (Fsp3) is 0.667. The van der Waals surface area contributed by atoms with E-state index in [9.17, 15) is 4.79 Å². The molecule has 1 atom stereocenters. The van der Waals surface area contributed by atoms with Gasteiger partial charge < -0.3 is 14.4 Å². The Morgan fingerprint density at radius 1 is 1.41 bits per heavy atom. The van der Waals surface area contributed by atoms with Gasteiger partial charge in [-0.3, -0.25) is 0 Å². The molecule has 22 heavy (non-hydrogen) atoms. The van der Waals surface area contributed by atoms with Crippen molar-refractivity contribution in [3.63, 3.8) is 0 Å². The highest BCUT2D eigenvalue weighted by atomic mass is 35.5. The molecule has 0 saturated carbocycles. The summed E-state index contributed by atoms with van der Waals surface area (Å²) < 4.78 is 11.2. The first kappa shape index (κ1) is 16.8. The minimum atomic E-state index is -0.498. The molecule has 1 saturated heterocycles. The van der Waals surface area contributed by atoms with Gasteiger partial charge in [-0.15, -0.1) is 0 Å². The van der Waals surface area contributed by atoms with E-state index in [0.717, 1.165) is 18.5 Å². The van der Waals surface area contributed by atoms with Crippen molar-refractivity contribution in [1.29, 1.82) is 0 Å². The van der Waals surface area contributed by atoms with Crippen molar-refractivity contribution in [3.05, 3.63) is 17.0 Å². The fourth-order valence-corrected chi connectivity index (χ4v) is 2.48. The lowest BCUT2D eigenvalue weighted by molar-refractivity contribution is 0.00719. The lowest BCUT2D eigenvalue weighted by Crippen LogP contribution is -2.46. The number of halogens is 1. The van der Waals surface area contributed by atoms with Gasteiger partial charge in [0.25, 0.3) is 0 Å². The summed E-state index contributed by atoms with van der Waals surface area (Å²) in [5.41, 5.74) is 0.247. The third-order valence-electron chi connectivity index (χ3n) is 3.12. The number of carbonyl (C=O) groups is 1. The van der Waals surface area contributed by atoms with E-state index in [1.807, 2.05) is 27.7 Å². The number of aryl methyl sites for hydroxylation is 1. The SMILES string of the molecule is Cc1cc(O[C@H]2CCCN(C(=O)OC(C)(C)C)C2)nc(Cl)n1. The number of likely N-dealkylation sites (tertiary alicyclic amines) is 1. The number of piperidine rings is 1. The standard InChI is InChI=1S/C15H22ClN3O3/c1-10-8-12(18-13(16)17-10)21-11-6-5-7-19(9-11)14(20)22-15(2,3)4/h8,11H,5-7,9H2,1-4H3/t11-/m0/s1. The molecule has 0 aromatic carbocycles. The molecule has 2 rings (SSSR count). The average molecular weight is 328 g/mol.